The standard InChI is InChI=1S/C12H16BrNO/c1-8-3-4-9(11(15-2)10(8)13)12(7-14)5-6-12/h3-4H,5-7,14H2,1-2H3. The zero-order chi connectivity index (χ0) is 11.1. The summed E-state index contributed by atoms with van der Waals surface area (Å²) in [5.41, 5.74) is 8.48. The maximum Gasteiger partial charge on any atom is 0.137 e. The smallest absolute Gasteiger partial charge is 0.137 e. The molecule has 82 valence electrons. The van der Waals surface area contributed by atoms with Gasteiger partial charge in [0.25, 0.3) is 0 Å². The molecule has 0 radical (unpaired) electrons. The fourth-order valence-electron chi connectivity index (χ4n) is 2.01. The molecule has 1 aliphatic carbocycles. The number of rotatable bonds is 3. The van der Waals surface area contributed by atoms with E-state index in [2.05, 4.69) is 35.0 Å². The van der Waals surface area contributed by atoms with E-state index in [0.717, 1.165) is 10.2 Å². The molecule has 0 heterocycles. The van der Waals surface area contributed by atoms with Gasteiger partial charge in [-0.25, -0.2) is 0 Å². The second-order valence-electron chi connectivity index (χ2n) is 4.26. The Hall–Kier alpha value is -0.540. The quantitative estimate of drug-likeness (QED) is 0.916. The van der Waals surface area contributed by atoms with Gasteiger partial charge in [0, 0.05) is 17.5 Å². The number of benzene rings is 1. The highest BCUT2D eigenvalue weighted by Crippen LogP contribution is 2.52. The summed E-state index contributed by atoms with van der Waals surface area (Å²) >= 11 is 3.57. The van der Waals surface area contributed by atoms with Crippen LogP contribution in [0.2, 0.25) is 0 Å². The highest BCUT2D eigenvalue weighted by molar-refractivity contribution is 9.10. The van der Waals surface area contributed by atoms with Crippen molar-refractivity contribution in [3.8, 4) is 5.75 Å². The Morgan fingerprint density at radius 3 is 2.60 bits per heavy atom. The predicted octanol–water partition coefficient (Wildman–Crippen LogP) is 2.76. The summed E-state index contributed by atoms with van der Waals surface area (Å²) in [6, 6.07) is 4.27. The van der Waals surface area contributed by atoms with Crippen LogP contribution in [0.1, 0.15) is 24.0 Å². The van der Waals surface area contributed by atoms with Crippen LogP contribution in [0.25, 0.3) is 0 Å². The lowest BCUT2D eigenvalue weighted by Crippen LogP contribution is -2.20. The summed E-state index contributed by atoms with van der Waals surface area (Å²) < 4.78 is 6.54. The Balaban J connectivity index is 2.52. The van der Waals surface area contributed by atoms with E-state index < -0.39 is 0 Å². The molecule has 0 unspecified atom stereocenters. The molecule has 0 aliphatic heterocycles. The van der Waals surface area contributed by atoms with Crippen LogP contribution in [0, 0.1) is 6.92 Å². The van der Waals surface area contributed by atoms with Gasteiger partial charge in [-0.1, -0.05) is 12.1 Å². The summed E-state index contributed by atoms with van der Waals surface area (Å²) in [5, 5.41) is 0. The lowest BCUT2D eigenvalue weighted by atomic mass is 9.94. The molecule has 0 atom stereocenters. The van der Waals surface area contributed by atoms with Crippen molar-refractivity contribution in [2.45, 2.75) is 25.2 Å². The highest BCUT2D eigenvalue weighted by Gasteiger charge is 2.45. The van der Waals surface area contributed by atoms with Crippen molar-refractivity contribution in [3.05, 3.63) is 27.7 Å². The summed E-state index contributed by atoms with van der Waals surface area (Å²) in [6.45, 7) is 2.78. The summed E-state index contributed by atoms with van der Waals surface area (Å²) in [7, 11) is 1.72. The van der Waals surface area contributed by atoms with Gasteiger partial charge < -0.3 is 10.5 Å². The predicted molar refractivity (Wildman–Crippen MR) is 65.4 cm³/mol. The van der Waals surface area contributed by atoms with Crippen LogP contribution < -0.4 is 10.5 Å². The summed E-state index contributed by atoms with van der Waals surface area (Å²) in [4.78, 5) is 0. The molecule has 0 aromatic heterocycles. The van der Waals surface area contributed by atoms with E-state index in [-0.39, 0.29) is 5.41 Å². The van der Waals surface area contributed by atoms with Crippen LogP contribution in [0.3, 0.4) is 0 Å². The molecule has 1 saturated carbocycles. The fourth-order valence-corrected chi connectivity index (χ4v) is 2.51. The molecule has 2 N–H and O–H groups in total. The Bertz CT molecular complexity index is 385. The third kappa shape index (κ3) is 1.68. The van der Waals surface area contributed by atoms with Gasteiger partial charge in [-0.2, -0.15) is 0 Å². The molecule has 1 aromatic carbocycles. The zero-order valence-corrected chi connectivity index (χ0v) is 10.7. The minimum absolute atomic E-state index is 0.182. The van der Waals surface area contributed by atoms with Crippen molar-refractivity contribution in [2.24, 2.45) is 5.73 Å². The molecular weight excluding hydrogens is 254 g/mol. The van der Waals surface area contributed by atoms with E-state index in [9.17, 15) is 0 Å². The lowest BCUT2D eigenvalue weighted by molar-refractivity contribution is 0.401. The molecule has 1 fully saturated rings. The SMILES string of the molecule is COc1c(C2(CN)CC2)ccc(C)c1Br. The zero-order valence-electron chi connectivity index (χ0n) is 9.14. The van der Waals surface area contributed by atoms with Crippen molar-refractivity contribution >= 4 is 15.9 Å². The van der Waals surface area contributed by atoms with E-state index >= 15 is 0 Å². The number of nitrogens with two attached hydrogens (primary N) is 1. The van der Waals surface area contributed by atoms with Crippen molar-refractivity contribution in [1.82, 2.24) is 0 Å². The van der Waals surface area contributed by atoms with Crippen LogP contribution in [0.4, 0.5) is 0 Å². The number of methoxy groups -OCH3 is 1. The number of hydrogen-bond donors (Lipinski definition) is 1. The largest absolute Gasteiger partial charge is 0.495 e. The van der Waals surface area contributed by atoms with Gasteiger partial charge in [-0.15, -0.1) is 0 Å². The van der Waals surface area contributed by atoms with Gasteiger partial charge in [-0.3, -0.25) is 0 Å². The fraction of sp³-hybridized carbons (Fsp3) is 0.500. The van der Waals surface area contributed by atoms with Gasteiger partial charge >= 0.3 is 0 Å². The molecular formula is C12H16BrNO. The summed E-state index contributed by atoms with van der Waals surface area (Å²) in [6.07, 6.45) is 2.35. The van der Waals surface area contributed by atoms with Gasteiger partial charge in [0.1, 0.15) is 5.75 Å². The van der Waals surface area contributed by atoms with Crippen molar-refractivity contribution in [3.63, 3.8) is 0 Å². The topological polar surface area (TPSA) is 35.2 Å². The first-order valence-electron chi connectivity index (χ1n) is 5.18. The summed E-state index contributed by atoms with van der Waals surface area (Å²) in [5.74, 6) is 0.956. The van der Waals surface area contributed by atoms with Gasteiger partial charge in [-0.05, 0) is 41.3 Å². The van der Waals surface area contributed by atoms with Crippen molar-refractivity contribution in [1.29, 1.82) is 0 Å². The Morgan fingerprint density at radius 1 is 1.47 bits per heavy atom. The van der Waals surface area contributed by atoms with Crippen molar-refractivity contribution < 1.29 is 4.74 Å². The molecule has 1 aromatic rings. The first-order chi connectivity index (χ1) is 7.14. The highest BCUT2D eigenvalue weighted by atomic mass is 79.9. The van der Waals surface area contributed by atoms with Crippen LogP contribution in [0.15, 0.2) is 16.6 Å². The monoisotopic (exact) mass is 269 g/mol. The van der Waals surface area contributed by atoms with Gasteiger partial charge in [0.2, 0.25) is 0 Å². The van der Waals surface area contributed by atoms with E-state index in [1.165, 1.54) is 24.0 Å². The maximum absolute atomic E-state index is 5.84. The second-order valence-corrected chi connectivity index (χ2v) is 5.05. The van der Waals surface area contributed by atoms with Crippen LogP contribution >= 0.6 is 15.9 Å². The molecule has 1 aliphatic rings. The minimum atomic E-state index is 0.182. The Kier molecular flexibility index (Phi) is 2.77. The van der Waals surface area contributed by atoms with E-state index in [1.807, 2.05) is 0 Å². The van der Waals surface area contributed by atoms with E-state index in [0.29, 0.717) is 6.54 Å². The Labute approximate surface area is 98.9 Å². The Morgan fingerprint density at radius 2 is 2.13 bits per heavy atom. The van der Waals surface area contributed by atoms with E-state index in [1.54, 1.807) is 7.11 Å². The molecule has 3 heteroatoms. The minimum Gasteiger partial charge on any atom is -0.495 e. The first kappa shape index (κ1) is 11.0. The lowest BCUT2D eigenvalue weighted by Gasteiger charge is -2.19. The molecule has 2 nitrogen and oxygen atoms in total. The van der Waals surface area contributed by atoms with Gasteiger partial charge in [0.15, 0.2) is 0 Å². The first-order valence-corrected chi connectivity index (χ1v) is 5.97. The normalized spacial score (nSPS) is 17.6. The number of aryl methyl sites for hydroxylation is 1. The molecule has 0 bridgehead atoms. The average molecular weight is 270 g/mol. The maximum atomic E-state index is 5.84. The third-order valence-electron chi connectivity index (χ3n) is 3.31. The van der Waals surface area contributed by atoms with Crippen LogP contribution in [-0.4, -0.2) is 13.7 Å². The molecule has 0 saturated heterocycles. The van der Waals surface area contributed by atoms with Crippen LogP contribution in [0.5, 0.6) is 5.75 Å². The number of ether oxygens (including phenoxy) is 1. The molecule has 15 heavy (non-hydrogen) atoms. The average Bonchev–Trinajstić information content (AvgIpc) is 3.02. The van der Waals surface area contributed by atoms with Crippen molar-refractivity contribution in [2.75, 3.05) is 13.7 Å². The van der Waals surface area contributed by atoms with Crippen LogP contribution in [-0.2, 0) is 5.41 Å². The molecule has 0 spiro atoms. The number of halogens is 1. The molecule has 0 amide bonds. The second kappa shape index (κ2) is 3.80. The third-order valence-corrected chi connectivity index (χ3v) is 4.30. The van der Waals surface area contributed by atoms with Gasteiger partial charge in [0.05, 0.1) is 11.6 Å². The molecule has 2 rings (SSSR count). The number of hydrogen-bond acceptors (Lipinski definition) is 2. The van der Waals surface area contributed by atoms with E-state index in [4.69, 9.17) is 10.5 Å².